The van der Waals surface area contributed by atoms with Crippen LogP contribution in [0, 0.1) is 6.92 Å². The molecule has 0 spiro atoms. The van der Waals surface area contributed by atoms with Crippen LogP contribution in [0.15, 0.2) is 18.2 Å². The third kappa shape index (κ3) is 5.21. The average molecular weight is 362 g/mol. The Bertz CT molecular complexity index is 666. The van der Waals surface area contributed by atoms with Crippen molar-refractivity contribution in [2.75, 3.05) is 33.3 Å². The standard InChI is InChI=1S/C19H26N2O5/c1-14-7-8-15(13-16(14)26-2)19(25)21-11-9-20(10-12-21)17(22)5-3-4-6-18(23)24/h7-8,13H,3-6,9-12H2,1-2H3,(H,23,24). The Morgan fingerprint density at radius 1 is 1.04 bits per heavy atom. The van der Waals surface area contributed by atoms with Gasteiger partial charge in [-0.15, -0.1) is 0 Å². The molecule has 1 aromatic rings. The molecule has 0 radical (unpaired) electrons. The molecular formula is C19H26N2O5. The minimum Gasteiger partial charge on any atom is -0.496 e. The van der Waals surface area contributed by atoms with Crippen LogP contribution in [-0.2, 0) is 9.59 Å². The van der Waals surface area contributed by atoms with E-state index in [-0.39, 0.29) is 18.2 Å². The summed E-state index contributed by atoms with van der Waals surface area (Å²) in [6, 6.07) is 5.40. The zero-order valence-corrected chi connectivity index (χ0v) is 15.4. The van der Waals surface area contributed by atoms with Gasteiger partial charge in [0.1, 0.15) is 5.75 Å². The predicted octanol–water partition coefficient (Wildman–Crippen LogP) is 1.93. The molecule has 0 saturated carbocycles. The van der Waals surface area contributed by atoms with Crippen molar-refractivity contribution >= 4 is 17.8 Å². The number of benzene rings is 1. The Labute approximate surface area is 153 Å². The monoisotopic (exact) mass is 362 g/mol. The highest BCUT2D eigenvalue weighted by atomic mass is 16.5. The minimum absolute atomic E-state index is 0.0273. The number of nitrogens with zero attached hydrogens (tertiary/aromatic N) is 2. The summed E-state index contributed by atoms with van der Waals surface area (Å²) in [6.45, 7) is 3.93. The molecular weight excluding hydrogens is 336 g/mol. The number of methoxy groups -OCH3 is 1. The van der Waals surface area contributed by atoms with Crippen molar-refractivity contribution in [1.82, 2.24) is 9.80 Å². The summed E-state index contributed by atoms with van der Waals surface area (Å²) in [7, 11) is 1.58. The van der Waals surface area contributed by atoms with Crippen LogP contribution in [0.4, 0.5) is 0 Å². The van der Waals surface area contributed by atoms with E-state index in [4.69, 9.17) is 9.84 Å². The van der Waals surface area contributed by atoms with Crippen LogP contribution in [0.1, 0.15) is 41.6 Å². The maximum Gasteiger partial charge on any atom is 0.303 e. The van der Waals surface area contributed by atoms with Gasteiger partial charge in [-0.05, 0) is 37.5 Å². The van der Waals surface area contributed by atoms with Crippen molar-refractivity contribution in [1.29, 1.82) is 0 Å². The summed E-state index contributed by atoms with van der Waals surface area (Å²) in [5.74, 6) is -0.181. The maximum atomic E-state index is 12.6. The number of piperazine rings is 1. The summed E-state index contributed by atoms with van der Waals surface area (Å²) in [5, 5.41) is 8.61. The molecule has 2 rings (SSSR count). The minimum atomic E-state index is -0.836. The Hall–Kier alpha value is -2.57. The molecule has 1 fully saturated rings. The molecule has 1 N–H and O–H groups in total. The number of aryl methyl sites for hydroxylation is 1. The van der Waals surface area contributed by atoms with E-state index in [0.29, 0.717) is 56.8 Å². The topological polar surface area (TPSA) is 87.2 Å². The number of carbonyl (C=O) groups excluding carboxylic acids is 2. The van der Waals surface area contributed by atoms with Gasteiger partial charge in [-0.25, -0.2) is 0 Å². The fourth-order valence-corrected chi connectivity index (χ4v) is 3.01. The van der Waals surface area contributed by atoms with E-state index in [1.54, 1.807) is 29.0 Å². The lowest BCUT2D eigenvalue weighted by Gasteiger charge is -2.35. The van der Waals surface area contributed by atoms with E-state index in [2.05, 4.69) is 0 Å². The van der Waals surface area contributed by atoms with Crippen LogP contribution in [-0.4, -0.2) is 66.0 Å². The zero-order chi connectivity index (χ0) is 19.1. The van der Waals surface area contributed by atoms with E-state index in [0.717, 1.165) is 5.56 Å². The Balaban J connectivity index is 1.83. The Morgan fingerprint density at radius 3 is 2.27 bits per heavy atom. The normalized spacial score (nSPS) is 14.2. The van der Waals surface area contributed by atoms with Gasteiger partial charge in [0.05, 0.1) is 7.11 Å². The molecule has 1 aliphatic heterocycles. The van der Waals surface area contributed by atoms with Crippen molar-refractivity contribution in [2.24, 2.45) is 0 Å². The van der Waals surface area contributed by atoms with Crippen molar-refractivity contribution in [3.63, 3.8) is 0 Å². The lowest BCUT2D eigenvalue weighted by Crippen LogP contribution is -2.50. The summed E-state index contributed by atoms with van der Waals surface area (Å²) in [4.78, 5) is 38.8. The molecule has 0 aromatic heterocycles. The Kier molecular flexibility index (Phi) is 7.00. The number of ether oxygens (including phenoxy) is 1. The van der Waals surface area contributed by atoms with Gasteiger partial charge in [0.25, 0.3) is 5.91 Å². The van der Waals surface area contributed by atoms with Crippen LogP contribution in [0.3, 0.4) is 0 Å². The van der Waals surface area contributed by atoms with Crippen LogP contribution < -0.4 is 4.74 Å². The van der Waals surface area contributed by atoms with Crippen molar-refractivity contribution < 1.29 is 24.2 Å². The van der Waals surface area contributed by atoms with Gasteiger partial charge in [-0.3, -0.25) is 14.4 Å². The first-order valence-electron chi connectivity index (χ1n) is 8.86. The van der Waals surface area contributed by atoms with Gasteiger partial charge in [-0.2, -0.15) is 0 Å². The van der Waals surface area contributed by atoms with E-state index in [1.807, 2.05) is 13.0 Å². The number of hydrogen-bond donors (Lipinski definition) is 1. The second-order valence-corrected chi connectivity index (χ2v) is 6.46. The highest BCUT2D eigenvalue weighted by Gasteiger charge is 2.25. The first-order valence-corrected chi connectivity index (χ1v) is 8.86. The van der Waals surface area contributed by atoms with Gasteiger partial charge < -0.3 is 19.6 Å². The second kappa shape index (κ2) is 9.22. The van der Waals surface area contributed by atoms with Crippen LogP contribution in [0.25, 0.3) is 0 Å². The lowest BCUT2D eigenvalue weighted by atomic mass is 10.1. The maximum absolute atomic E-state index is 12.6. The number of carboxylic acids is 1. The molecule has 26 heavy (non-hydrogen) atoms. The van der Waals surface area contributed by atoms with E-state index >= 15 is 0 Å². The van der Waals surface area contributed by atoms with Crippen LogP contribution in [0.2, 0.25) is 0 Å². The summed E-state index contributed by atoms with van der Waals surface area (Å²) < 4.78 is 5.27. The molecule has 0 unspecified atom stereocenters. The molecule has 7 heteroatoms. The molecule has 0 bridgehead atoms. The number of unbranched alkanes of at least 4 members (excludes halogenated alkanes) is 1. The first-order chi connectivity index (χ1) is 12.4. The predicted molar refractivity (Wildman–Crippen MR) is 96.3 cm³/mol. The van der Waals surface area contributed by atoms with Crippen LogP contribution in [0.5, 0.6) is 5.75 Å². The van der Waals surface area contributed by atoms with Gasteiger partial charge in [-0.1, -0.05) is 6.07 Å². The van der Waals surface area contributed by atoms with Gasteiger partial charge >= 0.3 is 5.97 Å². The molecule has 0 aliphatic carbocycles. The number of rotatable bonds is 7. The molecule has 7 nitrogen and oxygen atoms in total. The zero-order valence-electron chi connectivity index (χ0n) is 15.4. The summed E-state index contributed by atoms with van der Waals surface area (Å²) in [6.07, 6.45) is 1.54. The Morgan fingerprint density at radius 2 is 1.65 bits per heavy atom. The van der Waals surface area contributed by atoms with Crippen molar-refractivity contribution in [3.8, 4) is 5.75 Å². The van der Waals surface area contributed by atoms with Crippen molar-refractivity contribution in [3.05, 3.63) is 29.3 Å². The van der Waals surface area contributed by atoms with E-state index < -0.39 is 5.97 Å². The fourth-order valence-electron chi connectivity index (χ4n) is 3.01. The quantitative estimate of drug-likeness (QED) is 0.749. The van der Waals surface area contributed by atoms with E-state index in [1.165, 1.54) is 0 Å². The van der Waals surface area contributed by atoms with Crippen molar-refractivity contribution in [2.45, 2.75) is 32.6 Å². The summed E-state index contributed by atoms with van der Waals surface area (Å²) in [5.41, 5.74) is 1.56. The van der Waals surface area contributed by atoms with Gasteiger partial charge in [0.2, 0.25) is 5.91 Å². The number of hydrogen-bond acceptors (Lipinski definition) is 4. The van der Waals surface area contributed by atoms with E-state index in [9.17, 15) is 14.4 Å². The molecule has 1 aliphatic rings. The highest BCUT2D eigenvalue weighted by Crippen LogP contribution is 2.20. The van der Waals surface area contributed by atoms with Gasteiger partial charge in [0, 0.05) is 44.6 Å². The second-order valence-electron chi connectivity index (χ2n) is 6.46. The first kappa shape index (κ1) is 19.8. The largest absolute Gasteiger partial charge is 0.496 e. The highest BCUT2D eigenvalue weighted by molar-refractivity contribution is 5.95. The molecule has 0 atom stereocenters. The third-order valence-corrected chi connectivity index (χ3v) is 4.61. The molecule has 1 saturated heterocycles. The van der Waals surface area contributed by atoms with Crippen LogP contribution >= 0.6 is 0 Å². The number of aliphatic carboxylic acids is 1. The third-order valence-electron chi connectivity index (χ3n) is 4.61. The average Bonchev–Trinajstić information content (AvgIpc) is 2.65. The molecule has 2 amide bonds. The number of carboxylic acid groups (broad SMARTS) is 1. The number of amides is 2. The molecule has 1 aromatic carbocycles. The number of carbonyl (C=O) groups is 3. The van der Waals surface area contributed by atoms with Gasteiger partial charge in [0.15, 0.2) is 0 Å². The lowest BCUT2D eigenvalue weighted by molar-refractivity contribution is -0.137. The summed E-state index contributed by atoms with van der Waals surface area (Å²) >= 11 is 0. The molecule has 1 heterocycles. The SMILES string of the molecule is COc1cc(C(=O)N2CCN(C(=O)CCCCC(=O)O)CC2)ccc1C. The molecule has 142 valence electrons. The fraction of sp³-hybridized carbons (Fsp3) is 0.526. The smallest absolute Gasteiger partial charge is 0.303 e.